The van der Waals surface area contributed by atoms with E-state index in [4.69, 9.17) is 4.98 Å². The monoisotopic (exact) mass is 726 g/mol. The van der Waals surface area contributed by atoms with Crippen molar-refractivity contribution in [3.63, 3.8) is 0 Å². The number of benzene rings is 2. The van der Waals surface area contributed by atoms with E-state index < -0.39 is 20.0 Å². The Kier molecular flexibility index (Phi) is 9.81. The van der Waals surface area contributed by atoms with Gasteiger partial charge in [-0.1, -0.05) is 42.8 Å². The van der Waals surface area contributed by atoms with Crippen LogP contribution in [0.25, 0.3) is 0 Å². The Labute approximate surface area is 302 Å². The summed E-state index contributed by atoms with van der Waals surface area (Å²) in [5.74, 6) is 0.350. The van der Waals surface area contributed by atoms with E-state index in [0.29, 0.717) is 48.2 Å². The van der Waals surface area contributed by atoms with Crippen LogP contribution >= 0.6 is 0 Å². The third-order valence-electron chi connectivity index (χ3n) is 11.1. The first kappa shape index (κ1) is 34.6. The predicted octanol–water partition coefficient (Wildman–Crippen LogP) is 4.95. The molecule has 1 atom stereocenters. The molecule has 4 aromatic rings. The third kappa shape index (κ3) is 7.40. The van der Waals surface area contributed by atoms with Gasteiger partial charge in [0.2, 0.25) is 20.0 Å². The average molecular weight is 727 g/mol. The van der Waals surface area contributed by atoms with Crippen molar-refractivity contribution in [1.82, 2.24) is 28.4 Å². The number of nitrogens with zero attached hydrogens (tertiary/aromatic N) is 6. The van der Waals surface area contributed by atoms with E-state index in [1.165, 1.54) is 29.1 Å². The summed E-state index contributed by atoms with van der Waals surface area (Å²) in [6.07, 6.45) is 9.76. The second-order valence-corrected chi connectivity index (χ2v) is 18.4. The summed E-state index contributed by atoms with van der Waals surface area (Å²) < 4.78 is 57.1. The number of pyridine rings is 2. The average Bonchev–Trinajstić information content (AvgIpc) is 3.63. The lowest BCUT2D eigenvalue weighted by Crippen LogP contribution is -2.36. The van der Waals surface area contributed by atoms with E-state index in [1.807, 2.05) is 42.6 Å². The first-order valence-corrected chi connectivity index (χ1v) is 21.1. The number of rotatable bonds is 9. The number of sulfonamides is 2. The summed E-state index contributed by atoms with van der Waals surface area (Å²) in [5, 5.41) is 0. The molecule has 8 rings (SSSR count). The van der Waals surface area contributed by atoms with Gasteiger partial charge >= 0.3 is 0 Å². The summed E-state index contributed by atoms with van der Waals surface area (Å²) in [5.41, 5.74) is 7.37. The molecule has 4 aliphatic heterocycles. The maximum absolute atomic E-state index is 13.6. The van der Waals surface area contributed by atoms with E-state index in [0.717, 1.165) is 79.3 Å². The van der Waals surface area contributed by atoms with Crippen molar-refractivity contribution >= 4 is 20.0 Å². The fraction of sp³-hybridized carbons (Fsp3) is 0.436. The summed E-state index contributed by atoms with van der Waals surface area (Å²) >= 11 is 0. The van der Waals surface area contributed by atoms with Crippen LogP contribution in [0.1, 0.15) is 70.8 Å². The first-order chi connectivity index (χ1) is 24.7. The Hall–Kier alpha value is -3.52. The number of piperidine rings is 1. The van der Waals surface area contributed by atoms with Crippen molar-refractivity contribution in [3.05, 3.63) is 118 Å². The zero-order valence-corrected chi connectivity index (χ0v) is 30.7. The van der Waals surface area contributed by atoms with Crippen LogP contribution in [0.2, 0.25) is 0 Å². The molecule has 2 fully saturated rings. The van der Waals surface area contributed by atoms with Gasteiger partial charge in [0.25, 0.3) is 0 Å². The SMILES string of the molecule is O=S(=O)(c1ccc(CN2CCC(c3cnc4c(c3)CCN(S(=O)(=O)c3ccc(CN5CCCCC5)cc3)C4)C2)cc1)N1CCc2cccnc2C1. The molecular formula is C39H46N6O4S2. The van der Waals surface area contributed by atoms with E-state index in [2.05, 4.69) is 20.9 Å². The van der Waals surface area contributed by atoms with Gasteiger partial charge in [-0.2, -0.15) is 8.61 Å². The van der Waals surface area contributed by atoms with Crippen LogP contribution in [0.15, 0.2) is 88.9 Å². The van der Waals surface area contributed by atoms with Crippen molar-refractivity contribution in [3.8, 4) is 0 Å². The minimum absolute atomic E-state index is 0.290. The van der Waals surface area contributed by atoms with Gasteiger partial charge in [-0.25, -0.2) is 16.8 Å². The van der Waals surface area contributed by atoms with E-state index in [9.17, 15) is 16.8 Å². The Morgan fingerprint density at radius 1 is 0.627 bits per heavy atom. The molecule has 0 spiro atoms. The lowest BCUT2D eigenvalue weighted by Gasteiger charge is -2.28. The topological polar surface area (TPSA) is 107 Å². The van der Waals surface area contributed by atoms with E-state index in [1.54, 1.807) is 34.8 Å². The van der Waals surface area contributed by atoms with Crippen molar-refractivity contribution in [1.29, 1.82) is 0 Å². The van der Waals surface area contributed by atoms with E-state index in [-0.39, 0.29) is 6.54 Å². The largest absolute Gasteiger partial charge is 0.299 e. The van der Waals surface area contributed by atoms with Gasteiger partial charge in [-0.15, -0.1) is 0 Å². The number of aromatic nitrogens is 2. The summed E-state index contributed by atoms with van der Waals surface area (Å²) in [4.78, 5) is 14.7. The van der Waals surface area contributed by atoms with Crippen LogP contribution in [-0.4, -0.2) is 84.5 Å². The predicted molar refractivity (Wildman–Crippen MR) is 196 cm³/mol. The maximum Gasteiger partial charge on any atom is 0.243 e. The molecule has 1 unspecified atom stereocenters. The lowest BCUT2D eigenvalue weighted by molar-refractivity contribution is 0.221. The van der Waals surface area contributed by atoms with Crippen LogP contribution in [0.4, 0.5) is 0 Å². The van der Waals surface area contributed by atoms with Crippen molar-refractivity contribution in [2.45, 2.75) is 80.4 Å². The molecule has 2 aromatic carbocycles. The summed E-state index contributed by atoms with van der Waals surface area (Å²) in [6, 6.07) is 20.9. The fourth-order valence-electron chi connectivity index (χ4n) is 8.09. The molecule has 2 aromatic heterocycles. The number of hydrogen-bond acceptors (Lipinski definition) is 8. The molecule has 4 aliphatic rings. The van der Waals surface area contributed by atoms with Gasteiger partial charge in [-0.3, -0.25) is 19.8 Å². The Morgan fingerprint density at radius 3 is 1.86 bits per heavy atom. The quantitative estimate of drug-likeness (QED) is 0.239. The molecule has 0 N–H and O–H groups in total. The van der Waals surface area contributed by atoms with Crippen LogP contribution < -0.4 is 0 Å². The molecular weight excluding hydrogens is 681 g/mol. The smallest absolute Gasteiger partial charge is 0.243 e. The van der Waals surface area contributed by atoms with Crippen LogP contribution in [0.5, 0.6) is 0 Å². The fourth-order valence-corrected chi connectivity index (χ4v) is 10.9. The standard InChI is InChI=1S/C39H46N6O4S2/c46-50(47,44-21-15-32-5-4-17-40-38(32)28-44)37-12-8-31(9-13-37)26-43-20-14-34(27-43)35-23-33-16-22-45(29-39(33)41-24-35)51(48,49)36-10-6-30(7-11-36)25-42-18-2-1-3-19-42/h4-13,17,23-24,34H,1-3,14-16,18-22,25-29H2. The highest BCUT2D eigenvalue weighted by Crippen LogP contribution is 2.32. The highest BCUT2D eigenvalue weighted by Gasteiger charge is 2.32. The second kappa shape index (κ2) is 14.5. The molecule has 268 valence electrons. The summed E-state index contributed by atoms with van der Waals surface area (Å²) in [7, 11) is -7.21. The molecule has 0 saturated carbocycles. The normalized spacial score (nSPS) is 21.0. The lowest BCUT2D eigenvalue weighted by atomic mass is 9.96. The van der Waals surface area contributed by atoms with Crippen molar-refractivity contribution in [2.24, 2.45) is 0 Å². The molecule has 51 heavy (non-hydrogen) atoms. The van der Waals surface area contributed by atoms with E-state index >= 15 is 0 Å². The minimum atomic E-state index is -3.61. The molecule has 0 bridgehead atoms. The first-order valence-electron chi connectivity index (χ1n) is 18.3. The molecule has 10 nitrogen and oxygen atoms in total. The Morgan fingerprint density at radius 2 is 1.22 bits per heavy atom. The molecule has 6 heterocycles. The third-order valence-corrected chi connectivity index (χ3v) is 14.8. The van der Waals surface area contributed by atoms with Crippen LogP contribution in [0, 0.1) is 0 Å². The van der Waals surface area contributed by atoms with Gasteiger partial charge < -0.3 is 0 Å². The molecule has 0 amide bonds. The second-order valence-electron chi connectivity index (χ2n) is 14.5. The van der Waals surface area contributed by atoms with Gasteiger partial charge in [0.15, 0.2) is 0 Å². The number of fused-ring (bicyclic) bond motifs is 2. The molecule has 0 radical (unpaired) electrons. The maximum atomic E-state index is 13.6. The Balaban J connectivity index is 0.858. The molecule has 2 saturated heterocycles. The molecule has 12 heteroatoms. The minimum Gasteiger partial charge on any atom is -0.299 e. The number of likely N-dealkylation sites (tertiary alicyclic amines) is 2. The van der Waals surface area contributed by atoms with Gasteiger partial charge in [0.1, 0.15) is 0 Å². The van der Waals surface area contributed by atoms with Crippen LogP contribution in [0.3, 0.4) is 0 Å². The zero-order valence-electron chi connectivity index (χ0n) is 29.0. The highest BCUT2D eigenvalue weighted by molar-refractivity contribution is 7.89. The number of hydrogen-bond donors (Lipinski definition) is 0. The Bertz CT molecular complexity index is 2080. The highest BCUT2D eigenvalue weighted by atomic mass is 32.2. The van der Waals surface area contributed by atoms with Gasteiger partial charge in [-0.05, 0) is 116 Å². The zero-order chi connectivity index (χ0) is 35.0. The molecule has 0 aliphatic carbocycles. The van der Waals surface area contributed by atoms with Gasteiger partial charge in [0.05, 0.1) is 34.3 Å². The van der Waals surface area contributed by atoms with Crippen molar-refractivity contribution < 1.29 is 16.8 Å². The summed E-state index contributed by atoms with van der Waals surface area (Å²) in [6.45, 7) is 7.19. The van der Waals surface area contributed by atoms with Crippen LogP contribution in [-0.2, 0) is 59.1 Å². The van der Waals surface area contributed by atoms with Gasteiger partial charge in [0, 0.05) is 45.1 Å². The van der Waals surface area contributed by atoms with Crippen molar-refractivity contribution in [2.75, 3.05) is 39.3 Å².